The summed E-state index contributed by atoms with van der Waals surface area (Å²) in [6.07, 6.45) is 0. The smallest absolute Gasteiger partial charge is 0.0825 e. The molecule has 0 aliphatic carbocycles. The van der Waals surface area contributed by atoms with Gasteiger partial charge in [0.2, 0.25) is 0 Å². The SMILES string of the molecule is CNC(C)(C)CNc1c(C)n[nH]c1C. The van der Waals surface area contributed by atoms with Crippen LogP contribution < -0.4 is 10.6 Å². The lowest BCUT2D eigenvalue weighted by molar-refractivity contribution is 0.448. The fourth-order valence-corrected chi connectivity index (χ4v) is 1.21. The number of aromatic nitrogens is 2. The van der Waals surface area contributed by atoms with E-state index in [9.17, 15) is 0 Å². The van der Waals surface area contributed by atoms with Crippen molar-refractivity contribution in [2.75, 3.05) is 18.9 Å². The maximum absolute atomic E-state index is 4.13. The molecule has 4 nitrogen and oxygen atoms in total. The Morgan fingerprint density at radius 2 is 2.00 bits per heavy atom. The minimum absolute atomic E-state index is 0.0934. The molecule has 1 aromatic heterocycles. The van der Waals surface area contributed by atoms with Gasteiger partial charge in [-0.15, -0.1) is 0 Å². The van der Waals surface area contributed by atoms with Gasteiger partial charge in [-0.1, -0.05) is 0 Å². The van der Waals surface area contributed by atoms with Gasteiger partial charge in [-0.3, -0.25) is 5.10 Å². The van der Waals surface area contributed by atoms with Crippen molar-refractivity contribution >= 4 is 5.69 Å². The van der Waals surface area contributed by atoms with Crippen molar-refractivity contribution < 1.29 is 0 Å². The monoisotopic (exact) mass is 196 g/mol. The maximum atomic E-state index is 4.13. The number of rotatable bonds is 4. The molecule has 4 heteroatoms. The maximum Gasteiger partial charge on any atom is 0.0825 e. The van der Waals surface area contributed by atoms with Crippen molar-refractivity contribution in [2.24, 2.45) is 0 Å². The first-order chi connectivity index (χ1) is 6.46. The van der Waals surface area contributed by atoms with Crippen LogP contribution in [0.1, 0.15) is 25.2 Å². The number of aryl methyl sites for hydroxylation is 2. The molecular weight excluding hydrogens is 176 g/mol. The molecule has 0 aliphatic rings. The Labute approximate surface area is 85.5 Å². The zero-order valence-electron chi connectivity index (χ0n) is 9.65. The van der Waals surface area contributed by atoms with Gasteiger partial charge in [-0.05, 0) is 34.7 Å². The average molecular weight is 196 g/mol. The predicted molar refractivity (Wildman–Crippen MR) is 59.7 cm³/mol. The Morgan fingerprint density at radius 3 is 2.43 bits per heavy atom. The third kappa shape index (κ3) is 2.48. The van der Waals surface area contributed by atoms with Crippen molar-refractivity contribution in [3.05, 3.63) is 11.4 Å². The Morgan fingerprint density at radius 1 is 1.36 bits per heavy atom. The molecule has 1 heterocycles. The van der Waals surface area contributed by atoms with Crippen LogP contribution >= 0.6 is 0 Å². The molecule has 0 saturated heterocycles. The van der Waals surface area contributed by atoms with Crippen molar-refractivity contribution in [1.82, 2.24) is 15.5 Å². The third-order valence-electron chi connectivity index (χ3n) is 2.51. The highest BCUT2D eigenvalue weighted by Gasteiger charge is 2.15. The molecule has 0 atom stereocenters. The van der Waals surface area contributed by atoms with Crippen LogP contribution in [0, 0.1) is 13.8 Å². The standard InChI is InChI=1S/C10H20N4/c1-7-9(8(2)14-13-7)12-6-10(3,4)11-5/h11-12H,6H2,1-5H3,(H,13,14). The first-order valence-corrected chi connectivity index (χ1v) is 4.90. The van der Waals surface area contributed by atoms with Gasteiger partial charge in [0, 0.05) is 12.1 Å². The summed E-state index contributed by atoms with van der Waals surface area (Å²) < 4.78 is 0. The van der Waals surface area contributed by atoms with Crippen LogP contribution in [0.15, 0.2) is 0 Å². The van der Waals surface area contributed by atoms with Gasteiger partial charge in [0.25, 0.3) is 0 Å². The number of nitrogens with zero attached hydrogens (tertiary/aromatic N) is 1. The van der Waals surface area contributed by atoms with E-state index in [4.69, 9.17) is 0 Å². The molecule has 0 amide bonds. The second-order valence-corrected chi connectivity index (χ2v) is 4.30. The quantitative estimate of drug-likeness (QED) is 0.683. The van der Waals surface area contributed by atoms with E-state index in [2.05, 4.69) is 34.7 Å². The van der Waals surface area contributed by atoms with Gasteiger partial charge in [-0.2, -0.15) is 5.10 Å². The fraction of sp³-hybridized carbons (Fsp3) is 0.700. The first-order valence-electron chi connectivity index (χ1n) is 4.90. The molecule has 1 rings (SSSR count). The van der Waals surface area contributed by atoms with E-state index in [1.54, 1.807) is 0 Å². The van der Waals surface area contributed by atoms with Crippen LogP contribution in [0.5, 0.6) is 0 Å². The van der Waals surface area contributed by atoms with Gasteiger partial charge in [0.1, 0.15) is 0 Å². The van der Waals surface area contributed by atoms with Gasteiger partial charge in [0.05, 0.1) is 17.1 Å². The molecule has 0 aromatic carbocycles. The van der Waals surface area contributed by atoms with E-state index in [1.807, 2.05) is 20.9 Å². The average Bonchev–Trinajstić information content (AvgIpc) is 2.44. The van der Waals surface area contributed by atoms with Crippen LogP contribution in [-0.4, -0.2) is 29.3 Å². The van der Waals surface area contributed by atoms with Gasteiger partial charge < -0.3 is 10.6 Å². The second-order valence-electron chi connectivity index (χ2n) is 4.30. The van der Waals surface area contributed by atoms with Crippen LogP contribution in [0.2, 0.25) is 0 Å². The summed E-state index contributed by atoms with van der Waals surface area (Å²) in [4.78, 5) is 0. The minimum Gasteiger partial charge on any atom is -0.380 e. The number of hydrogen-bond donors (Lipinski definition) is 3. The van der Waals surface area contributed by atoms with Crippen molar-refractivity contribution in [2.45, 2.75) is 33.2 Å². The number of likely N-dealkylation sites (N-methyl/N-ethyl adjacent to an activating group) is 1. The highest BCUT2D eigenvalue weighted by molar-refractivity contribution is 5.51. The molecule has 3 N–H and O–H groups in total. The molecule has 0 unspecified atom stereocenters. The molecule has 0 radical (unpaired) electrons. The molecule has 80 valence electrons. The Bertz CT molecular complexity index is 282. The Kier molecular flexibility index (Phi) is 3.16. The number of aromatic amines is 1. The van der Waals surface area contributed by atoms with Crippen molar-refractivity contribution in [3.63, 3.8) is 0 Å². The summed E-state index contributed by atoms with van der Waals surface area (Å²) in [5.74, 6) is 0. The van der Waals surface area contributed by atoms with E-state index in [0.717, 1.165) is 23.6 Å². The van der Waals surface area contributed by atoms with Gasteiger partial charge >= 0.3 is 0 Å². The van der Waals surface area contributed by atoms with Crippen LogP contribution in [-0.2, 0) is 0 Å². The zero-order valence-corrected chi connectivity index (χ0v) is 9.65. The lowest BCUT2D eigenvalue weighted by Gasteiger charge is -2.24. The highest BCUT2D eigenvalue weighted by Crippen LogP contribution is 2.16. The lowest BCUT2D eigenvalue weighted by Crippen LogP contribution is -2.42. The molecule has 0 spiro atoms. The predicted octanol–water partition coefficient (Wildman–Crippen LogP) is 1.44. The molecule has 0 aliphatic heterocycles. The van der Waals surface area contributed by atoms with Gasteiger partial charge in [0.15, 0.2) is 0 Å². The largest absolute Gasteiger partial charge is 0.380 e. The summed E-state index contributed by atoms with van der Waals surface area (Å²) in [6.45, 7) is 9.22. The highest BCUT2D eigenvalue weighted by atomic mass is 15.2. The van der Waals surface area contributed by atoms with E-state index >= 15 is 0 Å². The summed E-state index contributed by atoms with van der Waals surface area (Å²) in [6, 6.07) is 0. The molecule has 0 saturated carbocycles. The Hall–Kier alpha value is -1.03. The topological polar surface area (TPSA) is 52.7 Å². The molecule has 1 aromatic rings. The lowest BCUT2D eigenvalue weighted by atomic mass is 10.1. The van der Waals surface area contributed by atoms with Crippen LogP contribution in [0.25, 0.3) is 0 Å². The van der Waals surface area contributed by atoms with Crippen LogP contribution in [0.3, 0.4) is 0 Å². The number of hydrogen-bond acceptors (Lipinski definition) is 3. The normalized spacial score (nSPS) is 11.8. The van der Waals surface area contributed by atoms with E-state index in [1.165, 1.54) is 0 Å². The number of anilines is 1. The number of H-pyrrole nitrogens is 1. The van der Waals surface area contributed by atoms with Crippen molar-refractivity contribution in [1.29, 1.82) is 0 Å². The molecule has 0 fully saturated rings. The molecule has 0 bridgehead atoms. The van der Waals surface area contributed by atoms with Crippen LogP contribution in [0.4, 0.5) is 5.69 Å². The molecule has 14 heavy (non-hydrogen) atoms. The summed E-state index contributed by atoms with van der Waals surface area (Å²) in [5, 5.41) is 13.7. The van der Waals surface area contributed by atoms with Gasteiger partial charge in [-0.25, -0.2) is 0 Å². The third-order valence-corrected chi connectivity index (χ3v) is 2.51. The first kappa shape index (κ1) is 11.0. The second kappa shape index (κ2) is 4.00. The number of nitrogens with one attached hydrogen (secondary N) is 3. The minimum atomic E-state index is 0.0934. The van der Waals surface area contributed by atoms with E-state index in [0.29, 0.717) is 0 Å². The fourth-order valence-electron chi connectivity index (χ4n) is 1.21. The summed E-state index contributed by atoms with van der Waals surface area (Å²) in [5.41, 5.74) is 3.33. The van der Waals surface area contributed by atoms with Crippen molar-refractivity contribution in [3.8, 4) is 0 Å². The zero-order chi connectivity index (χ0) is 10.8. The summed E-state index contributed by atoms with van der Waals surface area (Å²) in [7, 11) is 1.97. The Balaban J connectivity index is 2.62. The van der Waals surface area contributed by atoms with E-state index < -0.39 is 0 Å². The van der Waals surface area contributed by atoms with E-state index in [-0.39, 0.29) is 5.54 Å². The summed E-state index contributed by atoms with van der Waals surface area (Å²) >= 11 is 0. The molecular formula is C10H20N4.